The van der Waals surface area contributed by atoms with Gasteiger partial charge in [-0.05, 0) is 78.4 Å². The van der Waals surface area contributed by atoms with Gasteiger partial charge in [0.25, 0.3) is 0 Å². The van der Waals surface area contributed by atoms with Gasteiger partial charge in [-0.25, -0.2) is 18.2 Å². The zero-order valence-electron chi connectivity index (χ0n) is 22.9. The molecule has 39 heavy (non-hydrogen) atoms. The smallest absolute Gasteiger partial charge is 0.407 e. The van der Waals surface area contributed by atoms with Crippen LogP contribution in [0, 0.1) is 0 Å². The number of alkyl carbamates (subject to hydrolysis) is 1. The van der Waals surface area contributed by atoms with Crippen LogP contribution < -0.4 is 10.6 Å². The topological polar surface area (TPSA) is 126 Å². The maximum atomic E-state index is 13.4. The molecule has 9 nitrogen and oxygen atoms in total. The van der Waals surface area contributed by atoms with E-state index in [9.17, 15) is 13.2 Å². The number of ether oxygens (including phenoxy) is 1. The van der Waals surface area contributed by atoms with Crippen LogP contribution in [0.5, 0.6) is 0 Å². The fourth-order valence-electron chi connectivity index (χ4n) is 4.95. The minimum absolute atomic E-state index is 0.102. The molecule has 0 saturated heterocycles. The number of anilines is 2. The molecule has 1 aromatic carbocycles. The molecule has 3 aromatic rings. The number of aromatic amines is 1. The largest absolute Gasteiger partial charge is 0.447 e. The Balaban J connectivity index is 1.32. The zero-order chi connectivity index (χ0) is 27.7. The van der Waals surface area contributed by atoms with Crippen molar-refractivity contribution < 1.29 is 17.9 Å². The second-order valence-corrected chi connectivity index (χ2v) is 14.7. The van der Waals surface area contributed by atoms with E-state index in [2.05, 4.69) is 20.8 Å². The van der Waals surface area contributed by atoms with Crippen molar-refractivity contribution in [1.82, 2.24) is 20.5 Å². The fraction of sp³-hybridized carbons (Fsp3) is 0.536. The number of nitrogens with one attached hydrogen (secondary N) is 3. The summed E-state index contributed by atoms with van der Waals surface area (Å²) in [5.41, 5.74) is 2.46. The SMILES string of the molecule is CC(C)OC(=O)NC1CCC(c2ncc(-c3ccc(Nc4cc(C5CC5)[nH]n4)cc3S(=O)(=O)C(C)C)s2)CC1. The Hall–Kier alpha value is -2.92. The Morgan fingerprint density at radius 2 is 1.77 bits per heavy atom. The van der Waals surface area contributed by atoms with E-state index in [0.717, 1.165) is 41.3 Å². The maximum absolute atomic E-state index is 13.4. The van der Waals surface area contributed by atoms with Crippen LogP contribution in [0.2, 0.25) is 0 Å². The van der Waals surface area contributed by atoms with Gasteiger partial charge in [0, 0.05) is 47.1 Å². The molecule has 0 spiro atoms. The number of hydrogen-bond donors (Lipinski definition) is 3. The second kappa shape index (κ2) is 11.3. The second-order valence-electron chi connectivity index (χ2n) is 11.1. The highest BCUT2D eigenvalue weighted by molar-refractivity contribution is 7.92. The van der Waals surface area contributed by atoms with Crippen molar-refractivity contribution >= 4 is 38.8 Å². The lowest BCUT2D eigenvalue weighted by Crippen LogP contribution is -2.38. The van der Waals surface area contributed by atoms with E-state index >= 15 is 0 Å². The number of carbonyl (C=O) groups excluding carboxylic acids is 1. The molecule has 2 heterocycles. The van der Waals surface area contributed by atoms with Gasteiger partial charge in [-0.3, -0.25) is 5.10 Å². The van der Waals surface area contributed by atoms with Gasteiger partial charge in [0.15, 0.2) is 15.7 Å². The minimum atomic E-state index is -3.55. The first-order chi connectivity index (χ1) is 18.6. The van der Waals surface area contributed by atoms with Gasteiger partial charge in [-0.15, -0.1) is 11.3 Å². The minimum Gasteiger partial charge on any atom is -0.447 e. The summed E-state index contributed by atoms with van der Waals surface area (Å²) >= 11 is 1.56. The highest BCUT2D eigenvalue weighted by Gasteiger charge is 2.29. The average molecular weight is 572 g/mol. The summed E-state index contributed by atoms with van der Waals surface area (Å²) < 4.78 is 32.1. The number of benzene rings is 1. The molecule has 0 bridgehead atoms. The molecule has 2 aliphatic carbocycles. The number of aromatic nitrogens is 3. The summed E-state index contributed by atoms with van der Waals surface area (Å²) in [5.74, 6) is 1.52. The molecule has 3 N–H and O–H groups in total. The zero-order valence-corrected chi connectivity index (χ0v) is 24.5. The number of rotatable bonds is 9. The van der Waals surface area contributed by atoms with Crippen molar-refractivity contribution in [3.05, 3.63) is 41.2 Å². The molecule has 210 valence electrons. The lowest BCUT2D eigenvalue weighted by molar-refractivity contribution is 0.109. The van der Waals surface area contributed by atoms with Crippen molar-refractivity contribution in [3.63, 3.8) is 0 Å². The van der Waals surface area contributed by atoms with E-state index < -0.39 is 15.1 Å². The van der Waals surface area contributed by atoms with Gasteiger partial charge >= 0.3 is 6.09 Å². The van der Waals surface area contributed by atoms with Crippen LogP contribution in [-0.2, 0) is 14.6 Å². The Morgan fingerprint density at radius 3 is 2.44 bits per heavy atom. The van der Waals surface area contributed by atoms with Crippen LogP contribution >= 0.6 is 11.3 Å². The Bertz CT molecular complexity index is 1420. The van der Waals surface area contributed by atoms with Crippen LogP contribution in [-0.4, -0.2) is 47.1 Å². The van der Waals surface area contributed by atoms with Gasteiger partial charge in [0.05, 0.1) is 26.1 Å². The predicted octanol–water partition coefficient (Wildman–Crippen LogP) is 6.50. The first-order valence-electron chi connectivity index (χ1n) is 13.7. The molecule has 2 aromatic heterocycles. The molecule has 0 unspecified atom stereocenters. The molecule has 5 rings (SSSR count). The summed E-state index contributed by atoms with van der Waals surface area (Å²) in [4.78, 5) is 17.8. The van der Waals surface area contributed by atoms with Gasteiger partial charge in [-0.2, -0.15) is 5.10 Å². The molecule has 0 aliphatic heterocycles. The third kappa shape index (κ3) is 6.46. The van der Waals surface area contributed by atoms with Crippen LogP contribution in [0.1, 0.15) is 88.8 Å². The normalized spacial score (nSPS) is 19.8. The number of hydrogen-bond acceptors (Lipinski definition) is 8. The van der Waals surface area contributed by atoms with E-state index in [-0.39, 0.29) is 24.2 Å². The van der Waals surface area contributed by atoms with Crippen molar-refractivity contribution in [1.29, 1.82) is 0 Å². The summed E-state index contributed by atoms with van der Waals surface area (Å²) in [6, 6.07) is 7.57. The van der Waals surface area contributed by atoms with E-state index in [1.165, 1.54) is 12.8 Å². The Morgan fingerprint density at radius 1 is 1.05 bits per heavy atom. The molecule has 0 atom stereocenters. The maximum Gasteiger partial charge on any atom is 0.407 e. The molecule has 2 saturated carbocycles. The first-order valence-corrected chi connectivity index (χ1v) is 16.1. The fourth-order valence-corrected chi connectivity index (χ4v) is 7.42. The van der Waals surface area contributed by atoms with E-state index in [1.54, 1.807) is 37.4 Å². The van der Waals surface area contributed by atoms with Crippen molar-refractivity contribution in [2.45, 2.75) is 100 Å². The molecular formula is C28H37N5O4S2. The Labute approximate surface area is 234 Å². The highest BCUT2D eigenvalue weighted by Crippen LogP contribution is 2.42. The van der Waals surface area contributed by atoms with Crippen molar-refractivity contribution in [2.24, 2.45) is 0 Å². The summed E-state index contributed by atoms with van der Waals surface area (Å²) in [5, 5.41) is 14.1. The van der Waals surface area contributed by atoms with Crippen molar-refractivity contribution in [3.8, 4) is 10.4 Å². The summed E-state index contributed by atoms with van der Waals surface area (Å²) in [6.07, 6.45) is 7.17. The monoisotopic (exact) mass is 571 g/mol. The molecular weight excluding hydrogens is 534 g/mol. The molecule has 2 aliphatic rings. The molecule has 0 radical (unpaired) electrons. The highest BCUT2D eigenvalue weighted by atomic mass is 32.2. The van der Waals surface area contributed by atoms with Gasteiger partial charge < -0.3 is 15.4 Å². The van der Waals surface area contributed by atoms with E-state index in [4.69, 9.17) is 9.72 Å². The van der Waals surface area contributed by atoms with Crippen LogP contribution in [0.4, 0.5) is 16.3 Å². The van der Waals surface area contributed by atoms with E-state index in [1.807, 2.05) is 32.0 Å². The van der Waals surface area contributed by atoms with Crippen LogP contribution in [0.25, 0.3) is 10.4 Å². The van der Waals surface area contributed by atoms with Gasteiger partial charge in [-0.1, -0.05) is 6.07 Å². The molecule has 2 fully saturated rings. The molecule has 11 heteroatoms. The summed E-state index contributed by atoms with van der Waals surface area (Å²) in [6.45, 7) is 7.08. The quantitative estimate of drug-likeness (QED) is 0.268. The Kier molecular flexibility index (Phi) is 8.00. The summed E-state index contributed by atoms with van der Waals surface area (Å²) in [7, 11) is -3.55. The number of H-pyrrole nitrogens is 1. The first kappa shape index (κ1) is 27.6. The standard InChI is InChI=1S/C28H37N5O4S2/c1-16(2)37-28(34)31-20-9-7-19(8-10-20)27-29-15-24(38-27)22-12-11-21(13-25(22)39(35,36)17(3)4)30-26-14-23(32-33-26)18-5-6-18/h11-20H,5-10H2,1-4H3,(H,31,34)(H2,30,32,33). The van der Waals surface area contributed by atoms with Gasteiger partial charge in [0.1, 0.15) is 0 Å². The van der Waals surface area contributed by atoms with E-state index in [0.29, 0.717) is 27.9 Å². The number of sulfone groups is 1. The van der Waals surface area contributed by atoms with Crippen molar-refractivity contribution in [2.75, 3.05) is 5.32 Å². The average Bonchev–Trinajstić information content (AvgIpc) is 3.43. The van der Waals surface area contributed by atoms with Crippen LogP contribution in [0.15, 0.2) is 35.4 Å². The number of thiazole rings is 1. The third-order valence-electron chi connectivity index (χ3n) is 7.33. The predicted molar refractivity (Wildman–Crippen MR) is 153 cm³/mol. The number of nitrogens with zero attached hydrogens (tertiary/aromatic N) is 2. The number of amides is 1. The lowest BCUT2D eigenvalue weighted by Gasteiger charge is -2.28. The number of carbonyl (C=O) groups is 1. The van der Waals surface area contributed by atoms with Crippen LogP contribution in [0.3, 0.4) is 0 Å². The van der Waals surface area contributed by atoms with Gasteiger partial charge in [0.2, 0.25) is 0 Å². The lowest BCUT2D eigenvalue weighted by atomic mass is 9.86. The molecule has 1 amide bonds. The third-order valence-corrected chi connectivity index (χ3v) is 10.7.